The highest BCUT2D eigenvalue weighted by Crippen LogP contribution is 2.35. The highest BCUT2D eigenvalue weighted by atomic mass is 19.1. The molecule has 6 rings (SSSR count). The van der Waals surface area contributed by atoms with Crippen LogP contribution in [-0.2, 0) is 11.2 Å². The molecule has 9 heteroatoms. The number of pyridine rings is 1. The van der Waals surface area contributed by atoms with Crippen LogP contribution in [0.1, 0.15) is 12.0 Å². The van der Waals surface area contributed by atoms with Crippen molar-refractivity contribution >= 4 is 45.8 Å². The van der Waals surface area contributed by atoms with Gasteiger partial charge in [-0.05, 0) is 72.1 Å². The van der Waals surface area contributed by atoms with Crippen molar-refractivity contribution in [1.29, 1.82) is 0 Å². The van der Waals surface area contributed by atoms with Crippen LogP contribution in [0.25, 0.3) is 22.2 Å². The summed E-state index contributed by atoms with van der Waals surface area (Å²) in [7, 11) is 0. The number of hydrogen-bond acceptors (Lipinski definition) is 6. The first-order valence-corrected chi connectivity index (χ1v) is 11.1. The number of aromatic nitrogens is 4. The average Bonchev–Trinajstić information content (AvgIpc) is 3.30. The SMILES string of the molecule is O=C1CCc2cc(Nc3nc(Nc4ccc(F)cc4)c4c(-c5ccncc5)c[nH]c4n3)ccc2N1. The lowest BCUT2D eigenvalue weighted by Crippen LogP contribution is -2.18. The number of anilines is 5. The number of fused-ring (bicyclic) bond motifs is 2. The number of aryl methyl sites for hydroxylation is 1. The third-order valence-electron chi connectivity index (χ3n) is 5.89. The molecule has 3 aromatic heterocycles. The first-order valence-electron chi connectivity index (χ1n) is 11.1. The quantitative estimate of drug-likeness (QED) is 0.272. The highest BCUT2D eigenvalue weighted by Gasteiger charge is 2.18. The number of nitrogens with one attached hydrogen (secondary N) is 4. The summed E-state index contributed by atoms with van der Waals surface area (Å²) in [4.78, 5) is 28.5. The first kappa shape index (κ1) is 20.8. The number of rotatable bonds is 5. The van der Waals surface area contributed by atoms with Crippen molar-refractivity contribution < 1.29 is 9.18 Å². The number of hydrogen-bond donors (Lipinski definition) is 4. The number of H-pyrrole nitrogens is 1. The predicted octanol–water partition coefficient (Wildman–Crippen LogP) is 5.53. The second-order valence-corrected chi connectivity index (χ2v) is 8.23. The molecule has 35 heavy (non-hydrogen) atoms. The molecule has 0 saturated carbocycles. The van der Waals surface area contributed by atoms with Crippen molar-refractivity contribution in [2.75, 3.05) is 16.0 Å². The molecule has 0 aliphatic carbocycles. The summed E-state index contributed by atoms with van der Waals surface area (Å²) in [5, 5.41) is 10.3. The Morgan fingerprint density at radius 2 is 1.69 bits per heavy atom. The summed E-state index contributed by atoms with van der Waals surface area (Å²) < 4.78 is 13.5. The molecule has 0 saturated heterocycles. The molecular weight excluding hydrogens is 445 g/mol. The molecule has 8 nitrogen and oxygen atoms in total. The van der Waals surface area contributed by atoms with Crippen molar-refractivity contribution in [3.05, 3.63) is 84.6 Å². The van der Waals surface area contributed by atoms with Gasteiger partial charge in [-0.15, -0.1) is 0 Å². The Kier molecular flexibility index (Phi) is 5.07. The van der Waals surface area contributed by atoms with Crippen molar-refractivity contribution in [2.24, 2.45) is 0 Å². The van der Waals surface area contributed by atoms with Crippen LogP contribution in [0.5, 0.6) is 0 Å². The van der Waals surface area contributed by atoms with Gasteiger partial charge >= 0.3 is 0 Å². The van der Waals surface area contributed by atoms with Gasteiger partial charge in [-0.25, -0.2) is 4.39 Å². The number of carbonyl (C=O) groups excluding carboxylic acids is 1. The number of nitrogens with zero attached hydrogens (tertiary/aromatic N) is 3. The third-order valence-corrected chi connectivity index (χ3v) is 5.89. The summed E-state index contributed by atoms with van der Waals surface area (Å²) in [5.41, 5.74) is 5.92. The molecule has 4 heterocycles. The Labute approximate surface area is 199 Å². The number of amides is 1. The van der Waals surface area contributed by atoms with E-state index in [1.165, 1.54) is 12.1 Å². The zero-order chi connectivity index (χ0) is 23.8. The molecule has 0 atom stereocenters. The number of aromatic amines is 1. The average molecular weight is 465 g/mol. The topological polar surface area (TPSA) is 108 Å². The lowest BCUT2D eigenvalue weighted by atomic mass is 10.0. The Morgan fingerprint density at radius 1 is 0.886 bits per heavy atom. The molecule has 1 aliphatic heterocycles. The van der Waals surface area contributed by atoms with Gasteiger partial charge in [0.25, 0.3) is 0 Å². The summed E-state index contributed by atoms with van der Waals surface area (Å²) in [6.45, 7) is 0. The van der Waals surface area contributed by atoms with Gasteiger partial charge < -0.3 is 20.9 Å². The van der Waals surface area contributed by atoms with Gasteiger partial charge in [-0.3, -0.25) is 9.78 Å². The van der Waals surface area contributed by atoms with Crippen LogP contribution in [0.2, 0.25) is 0 Å². The van der Waals surface area contributed by atoms with E-state index >= 15 is 0 Å². The van der Waals surface area contributed by atoms with Crippen LogP contribution in [0.3, 0.4) is 0 Å². The van der Waals surface area contributed by atoms with Gasteiger partial charge in [0, 0.05) is 47.6 Å². The molecule has 2 aromatic carbocycles. The van der Waals surface area contributed by atoms with Gasteiger partial charge in [0.1, 0.15) is 17.3 Å². The van der Waals surface area contributed by atoms with E-state index in [9.17, 15) is 9.18 Å². The molecule has 1 amide bonds. The van der Waals surface area contributed by atoms with E-state index in [0.29, 0.717) is 35.9 Å². The zero-order valence-corrected chi connectivity index (χ0v) is 18.5. The fourth-order valence-electron chi connectivity index (χ4n) is 4.20. The second kappa shape index (κ2) is 8.53. The largest absolute Gasteiger partial charge is 0.345 e. The van der Waals surface area contributed by atoms with E-state index in [-0.39, 0.29) is 11.7 Å². The molecule has 0 bridgehead atoms. The summed E-state index contributed by atoms with van der Waals surface area (Å²) in [6, 6.07) is 15.7. The van der Waals surface area contributed by atoms with E-state index in [2.05, 4.69) is 25.9 Å². The second-order valence-electron chi connectivity index (χ2n) is 8.23. The van der Waals surface area contributed by atoms with Crippen LogP contribution in [0, 0.1) is 5.82 Å². The molecular formula is C26H20FN7O. The van der Waals surface area contributed by atoms with E-state index < -0.39 is 0 Å². The van der Waals surface area contributed by atoms with Crippen molar-refractivity contribution in [1.82, 2.24) is 19.9 Å². The van der Waals surface area contributed by atoms with E-state index in [0.717, 1.165) is 33.5 Å². The van der Waals surface area contributed by atoms with Crippen LogP contribution >= 0.6 is 0 Å². The van der Waals surface area contributed by atoms with Gasteiger partial charge in [0.15, 0.2) is 0 Å². The monoisotopic (exact) mass is 465 g/mol. The zero-order valence-electron chi connectivity index (χ0n) is 18.5. The Bertz CT molecular complexity index is 1550. The van der Waals surface area contributed by atoms with Gasteiger partial charge in [-0.1, -0.05) is 0 Å². The molecule has 0 radical (unpaired) electrons. The standard InChI is InChI=1S/C26H20FN7O/c27-17-2-4-18(5-3-17)30-25-23-20(15-9-11-28-12-10-15)14-29-24(23)33-26(34-25)31-19-6-7-21-16(13-19)1-8-22(35)32-21/h2-7,9-14H,1,8H2,(H,32,35)(H3,29,30,31,33,34). The molecule has 1 aliphatic rings. The minimum absolute atomic E-state index is 0.0280. The van der Waals surface area contributed by atoms with Crippen molar-refractivity contribution in [2.45, 2.75) is 12.8 Å². The Morgan fingerprint density at radius 3 is 2.51 bits per heavy atom. The number of benzene rings is 2. The fraction of sp³-hybridized carbons (Fsp3) is 0.0769. The minimum Gasteiger partial charge on any atom is -0.345 e. The third kappa shape index (κ3) is 4.15. The summed E-state index contributed by atoms with van der Waals surface area (Å²) >= 11 is 0. The maximum atomic E-state index is 13.5. The van der Waals surface area contributed by atoms with Crippen molar-refractivity contribution in [3.8, 4) is 11.1 Å². The van der Waals surface area contributed by atoms with Gasteiger partial charge in [0.2, 0.25) is 11.9 Å². The smallest absolute Gasteiger partial charge is 0.231 e. The normalized spacial score (nSPS) is 12.8. The van der Waals surface area contributed by atoms with Gasteiger partial charge in [0.05, 0.1) is 5.39 Å². The lowest BCUT2D eigenvalue weighted by Gasteiger charge is -2.18. The van der Waals surface area contributed by atoms with E-state index in [4.69, 9.17) is 9.97 Å². The molecule has 0 unspecified atom stereocenters. The summed E-state index contributed by atoms with van der Waals surface area (Å²) in [6.07, 6.45) is 6.49. The van der Waals surface area contributed by atoms with E-state index in [1.54, 1.807) is 24.5 Å². The molecule has 0 fully saturated rings. The molecule has 0 spiro atoms. The van der Waals surface area contributed by atoms with Gasteiger partial charge in [-0.2, -0.15) is 9.97 Å². The van der Waals surface area contributed by atoms with Crippen LogP contribution < -0.4 is 16.0 Å². The van der Waals surface area contributed by atoms with E-state index in [1.807, 2.05) is 36.5 Å². The molecule has 4 N–H and O–H groups in total. The summed E-state index contributed by atoms with van der Waals surface area (Å²) in [5.74, 6) is 0.682. The molecule has 172 valence electrons. The maximum absolute atomic E-state index is 13.5. The molecule has 5 aromatic rings. The lowest BCUT2D eigenvalue weighted by molar-refractivity contribution is -0.116. The number of halogens is 1. The fourth-order valence-corrected chi connectivity index (χ4v) is 4.20. The predicted molar refractivity (Wildman–Crippen MR) is 133 cm³/mol. The van der Waals surface area contributed by atoms with Crippen LogP contribution in [0.4, 0.5) is 33.2 Å². The van der Waals surface area contributed by atoms with Crippen LogP contribution in [0.15, 0.2) is 73.2 Å². The maximum Gasteiger partial charge on any atom is 0.231 e. The minimum atomic E-state index is -0.312. The highest BCUT2D eigenvalue weighted by molar-refractivity contribution is 6.02. The number of carbonyl (C=O) groups is 1. The first-order chi connectivity index (χ1) is 17.1. The van der Waals surface area contributed by atoms with Crippen LogP contribution in [-0.4, -0.2) is 25.8 Å². The Hall–Kier alpha value is -4.79. The van der Waals surface area contributed by atoms with Crippen molar-refractivity contribution in [3.63, 3.8) is 0 Å². The Balaban J connectivity index is 1.41.